The molecule has 4 nitrogen and oxygen atoms in total. The summed E-state index contributed by atoms with van der Waals surface area (Å²) in [5.74, 6) is 2.86. The molecular weight excluding hydrogens is 346 g/mol. The number of nitrogens with zero attached hydrogens (tertiary/aromatic N) is 1. The Kier molecular flexibility index (Phi) is 4.24. The second-order valence-electron chi connectivity index (χ2n) is 7.48. The molecular formula is C24H23N3O. The standard InChI is InChI=1S/C24H23N3O/c25-24-22-18(15-26-24)14-21(16-6-4-5-7-16)27-23(22)17-10-12-20(13-11-17)28-19-8-2-1-3-9-19/h1-3,8-16,26H,4-7,25H2. The van der Waals surface area contributed by atoms with Crippen molar-refractivity contribution in [2.45, 2.75) is 31.6 Å². The van der Waals surface area contributed by atoms with Crippen molar-refractivity contribution in [2.75, 3.05) is 5.73 Å². The second-order valence-corrected chi connectivity index (χ2v) is 7.48. The number of hydrogen-bond donors (Lipinski definition) is 2. The number of ether oxygens (including phenoxy) is 1. The van der Waals surface area contributed by atoms with Gasteiger partial charge < -0.3 is 15.5 Å². The Morgan fingerprint density at radius 1 is 0.929 bits per heavy atom. The molecule has 1 fully saturated rings. The van der Waals surface area contributed by atoms with Crippen molar-refractivity contribution < 1.29 is 4.74 Å². The minimum atomic E-state index is 0.556. The maximum atomic E-state index is 6.23. The highest BCUT2D eigenvalue weighted by molar-refractivity contribution is 6.02. The summed E-state index contributed by atoms with van der Waals surface area (Å²) in [4.78, 5) is 8.22. The van der Waals surface area contributed by atoms with Gasteiger partial charge in [-0.1, -0.05) is 31.0 Å². The number of anilines is 1. The van der Waals surface area contributed by atoms with Crippen LogP contribution in [0.1, 0.15) is 37.3 Å². The molecule has 0 atom stereocenters. The summed E-state index contributed by atoms with van der Waals surface area (Å²) in [7, 11) is 0. The zero-order valence-corrected chi connectivity index (χ0v) is 15.7. The molecule has 0 saturated heterocycles. The molecule has 2 heterocycles. The molecule has 0 unspecified atom stereocenters. The van der Waals surface area contributed by atoms with Gasteiger partial charge in [0.25, 0.3) is 0 Å². The van der Waals surface area contributed by atoms with Crippen molar-refractivity contribution in [2.24, 2.45) is 0 Å². The van der Waals surface area contributed by atoms with E-state index in [-0.39, 0.29) is 0 Å². The smallest absolute Gasteiger partial charge is 0.127 e. The van der Waals surface area contributed by atoms with Gasteiger partial charge in [0.15, 0.2) is 0 Å². The molecule has 2 aromatic carbocycles. The van der Waals surface area contributed by atoms with E-state index in [1.54, 1.807) is 0 Å². The first-order chi connectivity index (χ1) is 13.8. The fourth-order valence-corrected chi connectivity index (χ4v) is 4.16. The van der Waals surface area contributed by atoms with Crippen LogP contribution in [0.5, 0.6) is 11.5 Å². The highest BCUT2D eigenvalue weighted by atomic mass is 16.5. The summed E-state index contributed by atoms with van der Waals surface area (Å²) in [6.07, 6.45) is 7.02. The molecule has 1 aliphatic rings. The average Bonchev–Trinajstić information content (AvgIpc) is 3.39. The van der Waals surface area contributed by atoms with Crippen LogP contribution >= 0.6 is 0 Å². The van der Waals surface area contributed by atoms with Crippen LogP contribution < -0.4 is 10.5 Å². The molecule has 28 heavy (non-hydrogen) atoms. The molecule has 0 bridgehead atoms. The lowest BCUT2D eigenvalue weighted by atomic mass is 9.99. The van der Waals surface area contributed by atoms with E-state index in [1.165, 1.54) is 31.4 Å². The first kappa shape index (κ1) is 16.9. The quantitative estimate of drug-likeness (QED) is 0.446. The summed E-state index contributed by atoms with van der Waals surface area (Å²) in [6.45, 7) is 0. The molecule has 0 aliphatic heterocycles. The third-order valence-corrected chi connectivity index (χ3v) is 5.60. The number of rotatable bonds is 4. The van der Waals surface area contributed by atoms with E-state index in [0.29, 0.717) is 11.7 Å². The number of aromatic amines is 1. The fraction of sp³-hybridized carbons (Fsp3) is 0.208. The van der Waals surface area contributed by atoms with Gasteiger partial charge in [-0.2, -0.15) is 0 Å². The number of aromatic nitrogens is 2. The Labute approximate surface area is 164 Å². The van der Waals surface area contributed by atoms with Crippen molar-refractivity contribution in [3.63, 3.8) is 0 Å². The largest absolute Gasteiger partial charge is 0.457 e. The van der Waals surface area contributed by atoms with Crippen molar-refractivity contribution in [1.29, 1.82) is 0 Å². The SMILES string of the molecule is Nc1[nH]cc2cc(C3CCCC3)nc(-c3ccc(Oc4ccccc4)cc3)c12. The molecule has 4 aromatic rings. The molecule has 5 rings (SSSR count). The molecule has 0 radical (unpaired) electrons. The van der Waals surface area contributed by atoms with E-state index in [0.717, 1.165) is 33.5 Å². The number of fused-ring (bicyclic) bond motifs is 1. The van der Waals surface area contributed by atoms with Crippen LogP contribution in [-0.2, 0) is 0 Å². The molecule has 1 saturated carbocycles. The summed E-state index contributed by atoms with van der Waals surface area (Å²) in [5.41, 5.74) is 9.41. The molecule has 3 N–H and O–H groups in total. The monoisotopic (exact) mass is 369 g/mol. The Balaban J connectivity index is 1.53. The van der Waals surface area contributed by atoms with E-state index in [4.69, 9.17) is 15.5 Å². The van der Waals surface area contributed by atoms with Gasteiger partial charge in [-0.25, -0.2) is 0 Å². The van der Waals surface area contributed by atoms with Crippen molar-refractivity contribution in [3.8, 4) is 22.8 Å². The third-order valence-electron chi connectivity index (χ3n) is 5.60. The minimum absolute atomic E-state index is 0.556. The van der Waals surface area contributed by atoms with Crippen LogP contribution in [0.15, 0.2) is 66.9 Å². The van der Waals surface area contributed by atoms with Crippen LogP contribution in [-0.4, -0.2) is 9.97 Å². The molecule has 0 amide bonds. The number of H-pyrrole nitrogens is 1. The summed E-state index contributed by atoms with van der Waals surface area (Å²) >= 11 is 0. The van der Waals surface area contributed by atoms with E-state index < -0.39 is 0 Å². The van der Waals surface area contributed by atoms with Gasteiger partial charge in [-0.15, -0.1) is 0 Å². The first-order valence-corrected chi connectivity index (χ1v) is 9.89. The van der Waals surface area contributed by atoms with Crippen LogP contribution in [0.25, 0.3) is 22.0 Å². The van der Waals surface area contributed by atoms with Gasteiger partial charge in [0.05, 0.1) is 5.69 Å². The Morgan fingerprint density at radius 3 is 2.39 bits per heavy atom. The highest BCUT2D eigenvalue weighted by Gasteiger charge is 2.21. The van der Waals surface area contributed by atoms with Gasteiger partial charge in [0.2, 0.25) is 0 Å². The van der Waals surface area contributed by atoms with Crippen LogP contribution in [0, 0.1) is 0 Å². The Hall–Kier alpha value is -3.27. The summed E-state index contributed by atoms with van der Waals surface area (Å²) in [5, 5.41) is 2.13. The molecule has 4 heteroatoms. The lowest BCUT2D eigenvalue weighted by molar-refractivity contribution is 0.483. The van der Waals surface area contributed by atoms with Crippen LogP contribution in [0.3, 0.4) is 0 Å². The predicted molar refractivity (Wildman–Crippen MR) is 114 cm³/mol. The molecule has 140 valence electrons. The van der Waals surface area contributed by atoms with Gasteiger partial charge >= 0.3 is 0 Å². The maximum Gasteiger partial charge on any atom is 0.127 e. The molecule has 0 spiro atoms. The van der Waals surface area contributed by atoms with Gasteiger partial charge in [-0.3, -0.25) is 4.98 Å². The topological polar surface area (TPSA) is 63.9 Å². The number of nitrogens with one attached hydrogen (secondary N) is 1. The molecule has 2 aromatic heterocycles. The van der Waals surface area contributed by atoms with Crippen LogP contribution in [0.4, 0.5) is 5.82 Å². The number of benzene rings is 2. The number of hydrogen-bond acceptors (Lipinski definition) is 3. The normalized spacial score (nSPS) is 14.6. The predicted octanol–water partition coefficient (Wildman–Crippen LogP) is 6.26. The first-order valence-electron chi connectivity index (χ1n) is 9.89. The number of nitrogen functional groups attached to an aromatic ring is 1. The second kappa shape index (κ2) is 7.04. The maximum absolute atomic E-state index is 6.23. The third kappa shape index (κ3) is 3.11. The van der Waals surface area contributed by atoms with Crippen molar-refractivity contribution in [3.05, 3.63) is 72.6 Å². The zero-order valence-electron chi connectivity index (χ0n) is 15.7. The highest BCUT2D eigenvalue weighted by Crippen LogP contribution is 2.38. The van der Waals surface area contributed by atoms with E-state index >= 15 is 0 Å². The number of nitrogens with two attached hydrogens (primary N) is 1. The van der Waals surface area contributed by atoms with Crippen molar-refractivity contribution in [1.82, 2.24) is 9.97 Å². The lowest BCUT2D eigenvalue weighted by Crippen LogP contribution is -1.99. The minimum Gasteiger partial charge on any atom is -0.457 e. The number of pyridine rings is 1. The number of para-hydroxylation sites is 1. The van der Waals surface area contributed by atoms with E-state index in [9.17, 15) is 0 Å². The van der Waals surface area contributed by atoms with E-state index in [1.807, 2.05) is 48.7 Å². The summed E-state index contributed by atoms with van der Waals surface area (Å²) in [6, 6.07) is 20.1. The zero-order chi connectivity index (χ0) is 18.9. The Morgan fingerprint density at radius 2 is 1.64 bits per heavy atom. The van der Waals surface area contributed by atoms with E-state index in [2.05, 4.69) is 23.2 Å². The lowest BCUT2D eigenvalue weighted by Gasteiger charge is -2.13. The summed E-state index contributed by atoms with van der Waals surface area (Å²) < 4.78 is 5.92. The fourth-order valence-electron chi connectivity index (χ4n) is 4.16. The Bertz CT molecular complexity index is 1090. The van der Waals surface area contributed by atoms with Gasteiger partial charge in [-0.05, 0) is 55.3 Å². The van der Waals surface area contributed by atoms with Crippen LogP contribution in [0.2, 0.25) is 0 Å². The van der Waals surface area contributed by atoms with Gasteiger partial charge in [0.1, 0.15) is 17.3 Å². The average molecular weight is 369 g/mol. The van der Waals surface area contributed by atoms with Crippen molar-refractivity contribution >= 4 is 16.6 Å². The van der Waals surface area contributed by atoms with Gasteiger partial charge in [0, 0.05) is 34.1 Å². The molecule has 1 aliphatic carbocycles.